The summed E-state index contributed by atoms with van der Waals surface area (Å²) in [4.78, 5) is 4.84. The van der Waals surface area contributed by atoms with E-state index in [9.17, 15) is 0 Å². The number of likely N-dealkylation sites (tertiary alicyclic amines) is 1. The van der Waals surface area contributed by atoms with Crippen molar-refractivity contribution in [2.75, 3.05) is 33.7 Å². The third kappa shape index (κ3) is 3.14. The minimum Gasteiger partial charge on any atom is -0.329 e. The Morgan fingerprint density at radius 1 is 1.50 bits per heavy atom. The molecule has 0 amide bonds. The second-order valence-electron chi connectivity index (χ2n) is 5.35. The van der Waals surface area contributed by atoms with Crippen molar-refractivity contribution in [1.29, 1.82) is 0 Å². The molecule has 1 aromatic rings. The number of rotatable bonds is 4. The quantitative estimate of drug-likeness (QED) is 0.919. The topological polar surface area (TPSA) is 32.5 Å². The van der Waals surface area contributed by atoms with E-state index in [1.807, 2.05) is 0 Å². The average molecular weight is 332 g/mol. The van der Waals surface area contributed by atoms with Gasteiger partial charge in [-0.2, -0.15) is 0 Å². The molecular weight excluding hydrogens is 310 g/mol. The number of nitrogens with two attached hydrogens (primary N) is 1. The lowest BCUT2D eigenvalue weighted by molar-refractivity contribution is 0.0486. The number of halogens is 1. The summed E-state index contributed by atoms with van der Waals surface area (Å²) in [6, 6.07) is 2.21. The van der Waals surface area contributed by atoms with E-state index in [1.54, 1.807) is 11.3 Å². The van der Waals surface area contributed by atoms with Crippen LogP contribution in [-0.4, -0.2) is 49.1 Å². The van der Waals surface area contributed by atoms with Crippen LogP contribution < -0.4 is 5.73 Å². The van der Waals surface area contributed by atoms with E-state index in [1.165, 1.54) is 22.2 Å². The Morgan fingerprint density at radius 3 is 2.67 bits per heavy atom. The molecule has 1 aliphatic rings. The van der Waals surface area contributed by atoms with Crippen LogP contribution in [-0.2, 0) is 6.54 Å². The predicted molar refractivity (Wildman–Crippen MR) is 82.0 cm³/mol. The van der Waals surface area contributed by atoms with Crippen LogP contribution in [0.25, 0.3) is 0 Å². The van der Waals surface area contributed by atoms with Crippen molar-refractivity contribution in [1.82, 2.24) is 9.80 Å². The second kappa shape index (κ2) is 6.01. The number of thiophene rings is 1. The Kier molecular flexibility index (Phi) is 4.83. The molecule has 1 aliphatic heterocycles. The standard InChI is InChI=1S/C13H22BrN3S/c1-16-5-3-13(10-15,4-6-16)17(2)8-11-7-12(14)18-9-11/h7,9H,3-6,8,10,15H2,1-2H3. The Hall–Kier alpha value is 0.0600. The Balaban J connectivity index is 2.03. The van der Waals surface area contributed by atoms with Crippen molar-refractivity contribution in [3.63, 3.8) is 0 Å². The molecule has 5 heteroatoms. The van der Waals surface area contributed by atoms with Gasteiger partial charge in [0.05, 0.1) is 3.79 Å². The first kappa shape index (κ1) is 14.5. The summed E-state index contributed by atoms with van der Waals surface area (Å²) in [6.07, 6.45) is 2.34. The molecule has 2 N–H and O–H groups in total. The van der Waals surface area contributed by atoms with Crippen LogP contribution in [0.1, 0.15) is 18.4 Å². The molecule has 102 valence electrons. The zero-order chi connectivity index (χ0) is 13.2. The molecule has 18 heavy (non-hydrogen) atoms. The van der Waals surface area contributed by atoms with Crippen LogP contribution in [0, 0.1) is 0 Å². The first-order valence-electron chi connectivity index (χ1n) is 6.38. The second-order valence-corrected chi connectivity index (χ2v) is 7.64. The van der Waals surface area contributed by atoms with Crippen molar-refractivity contribution >= 4 is 27.3 Å². The monoisotopic (exact) mass is 331 g/mol. The van der Waals surface area contributed by atoms with Crippen LogP contribution in [0.5, 0.6) is 0 Å². The van der Waals surface area contributed by atoms with Gasteiger partial charge in [-0.1, -0.05) is 0 Å². The molecule has 0 spiro atoms. The molecule has 1 aromatic heterocycles. The third-order valence-corrected chi connectivity index (χ3v) is 5.70. The van der Waals surface area contributed by atoms with Gasteiger partial charge in [-0.15, -0.1) is 11.3 Å². The van der Waals surface area contributed by atoms with Crippen LogP contribution in [0.3, 0.4) is 0 Å². The lowest BCUT2D eigenvalue weighted by Crippen LogP contribution is -2.57. The van der Waals surface area contributed by atoms with Gasteiger partial charge in [-0.25, -0.2) is 0 Å². The molecule has 1 saturated heterocycles. The maximum Gasteiger partial charge on any atom is 0.0701 e. The zero-order valence-electron chi connectivity index (χ0n) is 11.2. The fourth-order valence-corrected chi connectivity index (χ4v) is 3.85. The van der Waals surface area contributed by atoms with E-state index in [4.69, 9.17) is 5.73 Å². The minimum atomic E-state index is 0.181. The van der Waals surface area contributed by atoms with E-state index in [-0.39, 0.29) is 5.54 Å². The summed E-state index contributed by atoms with van der Waals surface area (Å²) >= 11 is 5.28. The highest BCUT2D eigenvalue weighted by atomic mass is 79.9. The van der Waals surface area contributed by atoms with E-state index in [0.29, 0.717) is 0 Å². The van der Waals surface area contributed by atoms with Crippen molar-refractivity contribution < 1.29 is 0 Å². The molecule has 1 fully saturated rings. The molecule has 0 unspecified atom stereocenters. The van der Waals surface area contributed by atoms with Gasteiger partial charge < -0.3 is 10.6 Å². The summed E-state index contributed by atoms with van der Waals surface area (Å²) in [5, 5.41) is 2.22. The van der Waals surface area contributed by atoms with E-state index in [2.05, 4.69) is 51.3 Å². The summed E-state index contributed by atoms with van der Waals surface area (Å²) in [7, 11) is 4.40. The largest absolute Gasteiger partial charge is 0.329 e. The van der Waals surface area contributed by atoms with E-state index >= 15 is 0 Å². The van der Waals surface area contributed by atoms with Gasteiger partial charge in [0.1, 0.15) is 0 Å². The Bertz CT molecular complexity index is 385. The normalized spacial score (nSPS) is 20.5. The number of nitrogens with zero attached hydrogens (tertiary/aromatic N) is 2. The minimum absolute atomic E-state index is 0.181. The lowest BCUT2D eigenvalue weighted by atomic mass is 9.86. The molecular formula is C13H22BrN3S. The summed E-state index contributed by atoms with van der Waals surface area (Å²) in [5.74, 6) is 0. The fourth-order valence-electron chi connectivity index (χ4n) is 2.65. The van der Waals surface area contributed by atoms with Crippen LogP contribution in [0.2, 0.25) is 0 Å². The lowest BCUT2D eigenvalue weighted by Gasteiger charge is -2.46. The zero-order valence-corrected chi connectivity index (χ0v) is 13.6. The number of likely N-dealkylation sites (N-methyl/N-ethyl adjacent to an activating group) is 1. The summed E-state index contributed by atoms with van der Waals surface area (Å²) in [6.45, 7) is 4.04. The van der Waals surface area contributed by atoms with E-state index in [0.717, 1.165) is 26.2 Å². The van der Waals surface area contributed by atoms with Gasteiger partial charge in [0.25, 0.3) is 0 Å². The molecule has 0 radical (unpaired) electrons. The first-order valence-corrected chi connectivity index (χ1v) is 8.06. The maximum atomic E-state index is 6.08. The van der Waals surface area contributed by atoms with Crippen molar-refractivity contribution in [2.24, 2.45) is 5.73 Å². The molecule has 2 heterocycles. The highest BCUT2D eigenvalue weighted by Gasteiger charge is 2.36. The van der Waals surface area contributed by atoms with E-state index < -0.39 is 0 Å². The van der Waals surface area contributed by atoms with Crippen molar-refractivity contribution in [3.05, 3.63) is 20.8 Å². The fraction of sp³-hybridized carbons (Fsp3) is 0.692. The van der Waals surface area contributed by atoms with Gasteiger partial charge >= 0.3 is 0 Å². The highest BCUT2D eigenvalue weighted by Crippen LogP contribution is 2.29. The van der Waals surface area contributed by atoms with Gasteiger partial charge in [-0.05, 0) is 73.0 Å². The van der Waals surface area contributed by atoms with Crippen molar-refractivity contribution in [3.8, 4) is 0 Å². The van der Waals surface area contributed by atoms with Crippen LogP contribution >= 0.6 is 27.3 Å². The first-order chi connectivity index (χ1) is 8.55. The third-order valence-electron chi connectivity index (χ3n) is 4.15. The SMILES string of the molecule is CN1CCC(CN)(N(C)Cc2csc(Br)c2)CC1. The van der Waals surface area contributed by atoms with Crippen molar-refractivity contribution in [2.45, 2.75) is 24.9 Å². The number of piperidine rings is 1. The molecule has 2 rings (SSSR count). The molecule has 3 nitrogen and oxygen atoms in total. The molecule has 0 atom stereocenters. The van der Waals surface area contributed by atoms with Crippen LogP contribution in [0.4, 0.5) is 0 Å². The van der Waals surface area contributed by atoms with Gasteiger partial charge in [0.2, 0.25) is 0 Å². The smallest absolute Gasteiger partial charge is 0.0701 e. The van der Waals surface area contributed by atoms with Gasteiger partial charge in [0, 0.05) is 18.6 Å². The molecule has 0 aliphatic carbocycles. The predicted octanol–water partition coefficient (Wildman–Crippen LogP) is 2.37. The number of hydrogen-bond donors (Lipinski definition) is 1. The van der Waals surface area contributed by atoms with Gasteiger partial charge in [0.15, 0.2) is 0 Å². The Labute approximate surface area is 122 Å². The number of hydrogen-bond acceptors (Lipinski definition) is 4. The highest BCUT2D eigenvalue weighted by molar-refractivity contribution is 9.11. The molecule has 0 aromatic carbocycles. The Morgan fingerprint density at radius 2 is 2.17 bits per heavy atom. The molecule has 0 saturated carbocycles. The van der Waals surface area contributed by atoms with Crippen LogP contribution in [0.15, 0.2) is 15.2 Å². The summed E-state index contributed by atoms with van der Waals surface area (Å²) < 4.78 is 1.20. The summed E-state index contributed by atoms with van der Waals surface area (Å²) in [5.41, 5.74) is 7.63. The molecule has 0 bridgehead atoms. The average Bonchev–Trinajstić information content (AvgIpc) is 2.76. The van der Waals surface area contributed by atoms with Gasteiger partial charge in [-0.3, -0.25) is 4.90 Å². The maximum absolute atomic E-state index is 6.08.